The van der Waals surface area contributed by atoms with Gasteiger partial charge in [-0.05, 0) is 68.9 Å². The van der Waals surface area contributed by atoms with Gasteiger partial charge < -0.3 is 9.47 Å². The van der Waals surface area contributed by atoms with Crippen molar-refractivity contribution in [3.8, 4) is 16.9 Å². The van der Waals surface area contributed by atoms with Crippen LogP contribution in [-0.4, -0.2) is 40.4 Å². The standard InChI is InChI=1S/C30H38N2O4/c1-5-7-13-26-31-30(18-8-9-19-30)27(33)32(26)21-22-14-16-23(17-15-22)24-11-10-12-25(20-24)36-29(3,4)28(34)35-6-2/h10-12,14-17,20H,5-9,13,18-19,21H2,1-4H3. The molecule has 0 aromatic heterocycles. The molecule has 2 aromatic carbocycles. The number of hydrogen-bond donors (Lipinski definition) is 0. The van der Waals surface area contributed by atoms with Gasteiger partial charge in [-0.2, -0.15) is 0 Å². The molecule has 0 N–H and O–H groups in total. The highest BCUT2D eigenvalue weighted by atomic mass is 16.6. The van der Waals surface area contributed by atoms with E-state index < -0.39 is 17.1 Å². The Balaban J connectivity index is 1.48. The topological polar surface area (TPSA) is 68.2 Å². The van der Waals surface area contributed by atoms with Gasteiger partial charge in [0.15, 0.2) is 5.60 Å². The smallest absolute Gasteiger partial charge is 0.349 e. The van der Waals surface area contributed by atoms with Gasteiger partial charge in [-0.3, -0.25) is 14.7 Å². The summed E-state index contributed by atoms with van der Waals surface area (Å²) in [4.78, 5) is 32.5. The van der Waals surface area contributed by atoms with E-state index in [2.05, 4.69) is 31.2 Å². The zero-order valence-corrected chi connectivity index (χ0v) is 22.0. The Kier molecular flexibility index (Phi) is 7.82. The zero-order chi connectivity index (χ0) is 25.8. The second-order valence-electron chi connectivity index (χ2n) is 10.3. The van der Waals surface area contributed by atoms with E-state index in [1.807, 2.05) is 29.2 Å². The third kappa shape index (κ3) is 5.48. The number of ether oxygens (including phenoxy) is 2. The van der Waals surface area contributed by atoms with Crippen molar-refractivity contribution in [3.05, 3.63) is 54.1 Å². The number of aliphatic imine (C=N–C) groups is 1. The maximum Gasteiger partial charge on any atom is 0.349 e. The number of esters is 1. The molecule has 0 unspecified atom stereocenters. The molecule has 0 atom stereocenters. The molecule has 1 aliphatic carbocycles. The summed E-state index contributed by atoms with van der Waals surface area (Å²) in [6, 6.07) is 16.0. The molecule has 1 amide bonds. The van der Waals surface area contributed by atoms with E-state index in [-0.39, 0.29) is 5.91 Å². The van der Waals surface area contributed by atoms with Gasteiger partial charge >= 0.3 is 5.97 Å². The minimum Gasteiger partial charge on any atom is -0.476 e. The minimum absolute atomic E-state index is 0.184. The Morgan fingerprint density at radius 3 is 2.44 bits per heavy atom. The highest BCUT2D eigenvalue weighted by Crippen LogP contribution is 2.40. The van der Waals surface area contributed by atoms with Crippen LogP contribution in [0.25, 0.3) is 11.1 Å². The first kappa shape index (κ1) is 25.9. The zero-order valence-electron chi connectivity index (χ0n) is 22.0. The van der Waals surface area contributed by atoms with E-state index in [4.69, 9.17) is 14.5 Å². The van der Waals surface area contributed by atoms with Crippen LogP contribution in [0.1, 0.15) is 78.2 Å². The molecular formula is C30H38N2O4. The molecule has 6 heteroatoms. The van der Waals surface area contributed by atoms with E-state index in [0.29, 0.717) is 18.9 Å². The van der Waals surface area contributed by atoms with Gasteiger partial charge in [-0.1, -0.05) is 62.6 Å². The fourth-order valence-corrected chi connectivity index (χ4v) is 5.06. The van der Waals surface area contributed by atoms with Gasteiger partial charge in [0.2, 0.25) is 0 Å². The average Bonchev–Trinajstić information content (AvgIpc) is 3.44. The van der Waals surface area contributed by atoms with Crippen molar-refractivity contribution < 1.29 is 19.1 Å². The van der Waals surface area contributed by atoms with E-state index >= 15 is 0 Å². The Bertz CT molecular complexity index is 1110. The number of rotatable bonds is 10. The summed E-state index contributed by atoms with van der Waals surface area (Å²) in [5.74, 6) is 1.36. The van der Waals surface area contributed by atoms with Crippen molar-refractivity contribution in [1.29, 1.82) is 0 Å². The molecule has 1 saturated carbocycles. The van der Waals surface area contributed by atoms with Crippen molar-refractivity contribution >= 4 is 17.7 Å². The SMILES string of the molecule is CCCCC1=NC2(CCCC2)C(=O)N1Cc1ccc(-c2cccc(OC(C)(C)C(=O)OCC)c2)cc1. The fourth-order valence-electron chi connectivity index (χ4n) is 5.06. The van der Waals surface area contributed by atoms with Crippen molar-refractivity contribution in [2.75, 3.05) is 6.61 Å². The van der Waals surface area contributed by atoms with Gasteiger partial charge in [0.1, 0.15) is 17.1 Å². The Morgan fingerprint density at radius 1 is 1.06 bits per heavy atom. The summed E-state index contributed by atoms with van der Waals surface area (Å²) in [6.07, 6.45) is 6.91. The first-order valence-corrected chi connectivity index (χ1v) is 13.2. The second kappa shape index (κ2) is 10.9. The molecule has 0 radical (unpaired) electrons. The fraction of sp³-hybridized carbons (Fsp3) is 0.500. The highest BCUT2D eigenvalue weighted by Gasteiger charge is 2.49. The maximum atomic E-state index is 13.4. The lowest BCUT2D eigenvalue weighted by Gasteiger charge is -2.24. The lowest BCUT2D eigenvalue weighted by Crippen LogP contribution is -2.40. The lowest BCUT2D eigenvalue weighted by atomic mass is 9.98. The Hall–Kier alpha value is -3.15. The van der Waals surface area contributed by atoms with Gasteiger partial charge in [-0.15, -0.1) is 0 Å². The van der Waals surface area contributed by atoms with Gasteiger partial charge in [0.25, 0.3) is 5.91 Å². The van der Waals surface area contributed by atoms with Crippen LogP contribution in [0.5, 0.6) is 5.75 Å². The van der Waals surface area contributed by atoms with Crippen LogP contribution in [0.4, 0.5) is 0 Å². The van der Waals surface area contributed by atoms with Crippen molar-refractivity contribution in [2.45, 2.75) is 90.3 Å². The summed E-state index contributed by atoms with van der Waals surface area (Å²) in [6.45, 7) is 8.24. The summed E-state index contributed by atoms with van der Waals surface area (Å²) in [7, 11) is 0. The normalized spacial score (nSPS) is 16.9. The number of amides is 1. The van der Waals surface area contributed by atoms with Crippen LogP contribution in [0.15, 0.2) is 53.5 Å². The van der Waals surface area contributed by atoms with Gasteiger partial charge in [0.05, 0.1) is 13.2 Å². The van der Waals surface area contributed by atoms with Crippen LogP contribution < -0.4 is 4.74 Å². The molecule has 4 rings (SSSR count). The molecule has 36 heavy (non-hydrogen) atoms. The van der Waals surface area contributed by atoms with Crippen molar-refractivity contribution in [2.24, 2.45) is 4.99 Å². The van der Waals surface area contributed by atoms with Crippen LogP contribution in [0, 0.1) is 0 Å². The lowest BCUT2D eigenvalue weighted by molar-refractivity contribution is -0.158. The van der Waals surface area contributed by atoms with E-state index in [1.165, 1.54) is 0 Å². The Morgan fingerprint density at radius 2 is 1.78 bits per heavy atom. The monoisotopic (exact) mass is 490 g/mol. The van der Waals surface area contributed by atoms with Gasteiger partial charge in [-0.25, -0.2) is 4.79 Å². The summed E-state index contributed by atoms with van der Waals surface area (Å²) in [5.41, 5.74) is 1.54. The summed E-state index contributed by atoms with van der Waals surface area (Å²) >= 11 is 0. The van der Waals surface area contributed by atoms with E-state index in [9.17, 15) is 9.59 Å². The second-order valence-corrected chi connectivity index (χ2v) is 10.3. The maximum absolute atomic E-state index is 13.4. The molecule has 1 aliphatic heterocycles. The molecule has 2 aromatic rings. The molecule has 1 fully saturated rings. The van der Waals surface area contributed by atoms with Crippen LogP contribution in [0.2, 0.25) is 0 Å². The largest absolute Gasteiger partial charge is 0.476 e. The molecular weight excluding hydrogens is 452 g/mol. The van der Waals surface area contributed by atoms with E-state index in [0.717, 1.165) is 67.5 Å². The van der Waals surface area contributed by atoms with E-state index in [1.54, 1.807) is 20.8 Å². The average molecular weight is 491 g/mol. The minimum atomic E-state index is -1.07. The molecule has 1 spiro atoms. The molecule has 6 nitrogen and oxygen atoms in total. The highest BCUT2D eigenvalue weighted by molar-refractivity contribution is 6.08. The number of unbranched alkanes of at least 4 members (excludes halogenated alkanes) is 1. The first-order chi connectivity index (χ1) is 17.3. The predicted octanol–water partition coefficient (Wildman–Crippen LogP) is 6.32. The summed E-state index contributed by atoms with van der Waals surface area (Å²) < 4.78 is 11.1. The third-order valence-corrected chi connectivity index (χ3v) is 7.08. The van der Waals surface area contributed by atoms with Crippen LogP contribution in [0.3, 0.4) is 0 Å². The Labute approximate surface area is 214 Å². The molecule has 192 valence electrons. The predicted molar refractivity (Wildman–Crippen MR) is 142 cm³/mol. The third-order valence-electron chi connectivity index (χ3n) is 7.08. The molecule has 1 heterocycles. The van der Waals surface area contributed by atoms with Crippen LogP contribution in [-0.2, 0) is 20.9 Å². The number of amidine groups is 1. The van der Waals surface area contributed by atoms with Gasteiger partial charge in [0, 0.05) is 6.42 Å². The number of nitrogens with zero attached hydrogens (tertiary/aromatic N) is 2. The quantitative estimate of drug-likeness (QED) is 0.366. The number of carbonyl (C=O) groups excluding carboxylic acids is 2. The van der Waals surface area contributed by atoms with Crippen LogP contribution >= 0.6 is 0 Å². The number of carbonyl (C=O) groups is 2. The van der Waals surface area contributed by atoms with Crippen molar-refractivity contribution in [1.82, 2.24) is 4.90 Å². The molecule has 2 aliphatic rings. The van der Waals surface area contributed by atoms with Crippen molar-refractivity contribution in [3.63, 3.8) is 0 Å². The molecule has 0 saturated heterocycles. The molecule has 0 bridgehead atoms. The number of hydrogen-bond acceptors (Lipinski definition) is 5. The first-order valence-electron chi connectivity index (χ1n) is 13.2. The summed E-state index contributed by atoms with van der Waals surface area (Å²) in [5, 5.41) is 0. The number of benzene rings is 2.